The molecule has 0 saturated carbocycles. The monoisotopic (exact) mass is 367 g/mol. The Labute approximate surface area is 147 Å². The molecule has 0 fully saturated rings. The summed E-state index contributed by atoms with van der Waals surface area (Å²) in [6.45, 7) is 1.36. The van der Waals surface area contributed by atoms with Crippen molar-refractivity contribution in [3.05, 3.63) is 59.7 Å². The SMILES string of the molecule is COc1cccc(C(=O)O[C@@H](C)C(=O)Nc2ccc(C(F)(F)F)cc2)c1. The first kappa shape index (κ1) is 19.3. The lowest BCUT2D eigenvalue weighted by Gasteiger charge is -2.14. The van der Waals surface area contributed by atoms with Crippen molar-refractivity contribution < 1.29 is 32.2 Å². The molecule has 0 aromatic heterocycles. The summed E-state index contributed by atoms with van der Waals surface area (Å²) in [5.41, 5.74) is -0.459. The number of halogens is 3. The molecule has 0 radical (unpaired) electrons. The van der Waals surface area contributed by atoms with Crippen LogP contribution in [0.15, 0.2) is 48.5 Å². The Morgan fingerprint density at radius 2 is 1.73 bits per heavy atom. The average Bonchev–Trinajstić information content (AvgIpc) is 2.61. The molecule has 26 heavy (non-hydrogen) atoms. The highest BCUT2D eigenvalue weighted by Gasteiger charge is 2.30. The molecule has 0 spiro atoms. The maximum Gasteiger partial charge on any atom is 0.416 e. The van der Waals surface area contributed by atoms with Crippen LogP contribution >= 0.6 is 0 Å². The minimum absolute atomic E-state index is 0.160. The predicted molar refractivity (Wildman–Crippen MR) is 87.9 cm³/mol. The minimum Gasteiger partial charge on any atom is -0.497 e. The third kappa shape index (κ3) is 4.98. The highest BCUT2D eigenvalue weighted by molar-refractivity contribution is 5.97. The van der Waals surface area contributed by atoms with Crippen molar-refractivity contribution in [3.8, 4) is 5.75 Å². The van der Waals surface area contributed by atoms with Crippen molar-refractivity contribution in [2.24, 2.45) is 0 Å². The van der Waals surface area contributed by atoms with E-state index in [1.807, 2.05) is 0 Å². The maximum atomic E-state index is 12.5. The number of methoxy groups -OCH3 is 1. The van der Waals surface area contributed by atoms with Gasteiger partial charge in [-0.05, 0) is 49.4 Å². The molecule has 138 valence electrons. The lowest BCUT2D eigenvalue weighted by molar-refractivity contribution is -0.137. The molecular weight excluding hydrogens is 351 g/mol. The molecule has 8 heteroatoms. The van der Waals surface area contributed by atoms with Crippen LogP contribution in [0.4, 0.5) is 18.9 Å². The van der Waals surface area contributed by atoms with Gasteiger partial charge in [0.2, 0.25) is 0 Å². The van der Waals surface area contributed by atoms with E-state index in [1.54, 1.807) is 12.1 Å². The van der Waals surface area contributed by atoms with Gasteiger partial charge < -0.3 is 14.8 Å². The fourth-order valence-electron chi connectivity index (χ4n) is 2.02. The van der Waals surface area contributed by atoms with Gasteiger partial charge in [-0.15, -0.1) is 0 Å². The van der Waals surface area contributed by atoms with Crippen LogP contribution < -0.4 is 10.1 Å². The standard InChI is InChI=1S/C18H16F3NO4/c1-11(26-17(24)12-4-3-5-15(10-12)25-2)16(23)22-14-8-6-13(7-9-14)18(19,20)21/h3-11H,1-2H3,(H,22,23)/t11-/m0/s1. The van der Waals surface area contributed by atoms with Gasteiger partial charge in [-0.2, -0.15) is 13.2 Å². The smallest absolute Gasteiger partial charge is 0.416 e. The van der Waals surface area contributed by atoms with E-state index in [4.69, 9.17) is 9.47 Å². The summed E-state index contributed by atoms with van der Waals surface area (Å²) in [4.78, 5) is 24.1. The number of amides is 1. The number of alkyl halides is 3. The Hall–Kier alpha value is -3.03. The number of benzene rings is 2. The molecule has 0 saturated heterocycles. The first-order valence-corrected chi connectivity index (χ1v) is 7.54. The van der Waals surface area contributed by atoms with Gasteiger partial charge in [0, 0.05) is 5.69 Å². The molecule has 2 rings (SSSR count). The number of ether oxygens (including phenoxy) is 2. The van der Waals surface area contributed by atoms with Gasteiger partial charge in [-0.25, -0.2) is 4.79 Å². The van der Waals surface area contributed by atoms with Crippen LogP contribution in [0.3, 0.4) is 0 Å². The Morgan fingerprint density at radius 1 is 1.08 bits per heavy atom. The summed E-state index contributed by atoms with van der Waals surface area (Å²) in [5, 5.41) is 2.39. The molecule has 0 aliphatic rings. The van der Waals surface area contributed by atoms with E-state index in [9.17, 15) is 22.8 Å². The van der Waals surface area contributed by atoms with Crippen molar-refractivity contribution >= 4 is 17.6 Å². The lowest BCUT2D eigenvalue weighted by Crippen LogP contribution is -2.30. The third-order valence-corrected chi connectivity index (χ3v) is 3.44. The second-order valence-corrected chi connectivity index (χ2v) is 5.34. The molecule has 0 aliphatic carbocycles. The molecule has 1 N–H and O–H groups in total. The summed E-state index contributed by atoms with van der Waals surface area (Å²) >= 11 is 0. The topological polar surface area (TPSA) is 64.6 Å². The number of esters is 1. The Kier molecular flexibility index (Phi) is 5.86. The van der Waals surface area contributed by atoms with E-state index in [2.05, 4.69) is 5.32 Å². The fraction of sp³-hybridized carbons (Fsp3) is 0.222. The van der Waals surface area contributed by atoms with Crippen LogP contribution in [-0.4, -0.2) is 25.1 Å². The van der Waals surface area contributed by atoms with Crippen LogP contribution in [-0.2, 0) is 15.7 Å². The van der Waals surface area contributed by atoms with Crippen LogP contribution in [0.2, 0.25) is 0 Å². The van der Waals surface area contributed by atoms with Gasteiger partial charge in [-0.3, -0.25) is 4.79 Å². The van der Waals surface area contributed by atoms with Crippen molar-refractivity contribution in [2.45, 2.75) is 19.2 Å². The zero-order chi connectivity index (χ0) is 19.3. The largest absolute Gasteiger partial charge is 0.497 e. The number of nitrogens with one attached hydrogen (secondary N) is 1. The molecule has 1 atom stereocenters. The van der Waals surface area contributed by atoms with Crippen LogP contribution in [0.25, 0.3) is 0 Å². The highest BCUT2D eigenvalue weighted by atomic mass is 19.4. The first-order valence-electron chi connectivity index (χ1n) is 7.54. The van der Waals surface area contributed by atoms with E-state index in [1.165, 1.54) is 26.2 Å². The number of carbonyl (C=O) groups excluding carboxylic acids is 2. The van der Waals surface area contributed by atoms with Crippen molar-refractivity contribution in [3.63, 3.8) is 0 Å². The normalized spacial score (nSPS) is 12.2. The summed E-state index contributed by atoms with van der Waals surface area (Å²) in [6.07, 6.45) is -5.60. The van der Waals surface area contributed by atoms with Gasteiger partial charge in [0.05, 0.1) is 18.2 Å². The summed E-state index contributed by atoms with van der Waals surface area (Å²) in [5.74, 6) is -0.929. The van der Waals surface area contributed by atoms with E-state index in [0.717, 1.165) is 24.3 Å². The zero-order valence-corrected chi connectivity index (χ0v) is 14.0. The van der Waals surface area contributed by atoms with Gasteiger partial charge >= 0.3 is 12.1 Å². The lowest BCUT2D eigenvalue weighted by atomic mass is 10.2. The van der Waals surface area contributed by atoms with Crippen molar-refractivity contribution in [1.82, 2.24) is 0 Å². The number of rotatable bonds is 5. The summed E-state index contributed by atoms with van der Waals surface area (Å²) < 4.78 is 47.6. The van der Waals surface area contributed by atoms with E-state index < -0.39 is 29.7 Å². The number of hydrogen-bond donors (Lipinski definition) is 1. The highest BCUT2D eigenvalue weighted by Crippen LogP contribution is 2.29. The summed E-state index contributed by atoms with van der Waals surface area (Å²) in [6, 6.07) is 10.2. The van der Waals surface area contributed by atoms with Crippen LogP contribution in [0.1, 0.15) is 22.8 Å². The first-order chi connectivity index (χ1) is 12.2. The molecule has 0 aliphatic heterocycles. The maximum absolute atomic E-state index is 12.5. The number of hydrogen-bond acceptors (Lipinski definition) is 4. The van der Waals surface area contributed by atoms with Gasteiger partial charge in [0.25, 0.3) is 5.91 Å². The molecule has 5 nitrogen and oxygen atoms in total. The van der Waals surface area contributed by atoms with Crippen molar-refractivity contribution in [1.29, 1.82) is 0 Å². The number of carbonyl (C=O) groups is 2. The molecule has 0 bridgehead atoms. The molecule has 2 aromatic carbocycles. The van der Waals surface area contributed by atoms with Gasteiger partial charge in [0.1, 0.15) is 5.75 Å². The van der Waals surface area contributed by atoms with E-state index in [0.29, 0.717) is 5.75 Å². The Balaban J connectivity index is 1.97. The minimum atomic E-state index is -4.46. The van der Waals surface area contributed by atoms with E-state index in [-0.39, 0.29) is 11.3 Å². The number of anilines is 1. The van der Waals surface area contributed by atoms with Crippen LogP contribution in [0.5, 0.6) is 5.75 Å². The quantitative estimate of drug-likeness (QED) is 0.814. The molecular formula is C18H16F3NO4. The van der Waals surface area contributed by atoms with Gasteiger partial charge in [0.15, 0.2) is 6.10 Å². The second kappa shape index (κ2) is 7.90. The zero-order valence-electron chi connectivity index (χ0n) is 14.0. The fourth-order valence-corrected chi connectivity index (χ4v) is 2.02. The molecule has 0 heterocycles. The van der Waals surface area contributed by atoms with Gasteiger partial charge in [-0.1, -0.05) is 6.07 Å². The summed E-state index contributed by atoms with van der Waals surface area (Å²) in [7, 11) is 1.45. The third-order valence-electron chi connectivity index (χ3n) is 3.44. The van der Waals surface area contributed by atoms with E-state index >= 15 is 0 Å². The Bertz CT molecular complexity index is 788. The molecule has 2 aromatic rings. The second-order valence-electron chi connectivity index (χ2n) is 5.34. The average molecular weight is 367 g/mol. The molecule has 1 amide bonds. The molecule has 0 unspecified atom stereocenters. The van der Waals surface area contributed by atoms with Crippen LogP contribution in [0, 0.1) is 0 Å². The Morgan fingerprint density at radius 3 is 2.31 bits per heavy atom. The predicted octanol–water partition coefficient (Wildman–Crippen LogP) is 3.90. The van der Waals surface area contributed by atoms with Crippen molar-refractivity contribution in [2.75, 3.05) is 12.4 Å².